The molecule has 1 aliphatic rings. The normalized spacial score (nSPS) is 26.0. The van der Waals surface area contributed by atoms with E-state index in [1.54, 1.807) is 0 Å². The quantitative estimate of drug-likeness (QED) is 0.594. The van der Waals surface area contributed by atoms with Crippen molar-refractivity contribution in [1.82, 2.24) is 4.90 Å². The zero-order valence-electron chi connectivity index (χ0n) is 8.85. The maximum atomic E-state index is 11.6. The molecular formula is C10H17NO4. The smallest absolute Gasteiger partial charge is 0.305 e. The standard InChI is InChI=1S/C10H17NO4/c1-2-3-4-8(12)7(5-10(14)15)11-6-9(11)13/h7,9,13H,2-6H2,1H3,(H,14,15)/t7-,9?,11?/m0/s1. The first-order valence-corrected chi connectivity index (χ1v) is 5.24. The van der Waals surface area contributed by atoms with Gasteiger partial charge in [0.15, 0.2) is 5.78 Å². The Labute approximate surface area is 88.7 Å². The zero-order valence-corrected chi connectivity index (χ0v) is 8.85. The average molecular weight is 215 g/mol. The summed E-state index contributed by atoms with van der Waals surface area (Å²) in [5, 5.41) is 17.8. The Kier molecular flexibility index (Phi) is 4.23. The van der Waals surface area contributed by atoms with Crippen LogP contribution in [0.15, 0.2) is 0 Å². The number of unbranched alkanes of at least 4 members (excludes halogenated alkanes) is 1. The van der Waals surface area contributed by atoms with Crippen molar-refractivity contribution in [1.29, 1.82) is 0 Å². The van der Waals surface area contributed by atoms with E-state index in [9.17, 15) is 9.59 Å². The van der Waals surface area contributed by atoms with E-state index in [-0.39, 0.29) is 12.2 Å². The summed E-state index contributed by atoms with van der Waals surface area (Å²) in [5.74, 6) is -1.07. The summed E-state index contributed by atoms with van der Waals surface area (Å²) >= 11 is 0. The molecule has 3 atom stereocenters. The first-order chi connectivity index (χ1) is 7.06. The van der Waals surface area contributed by atoms with E-state index < -0.39 is 18.2 Å². The topological polar surface area (TPSA) is 77.6 Å². The van der Waals surface area contributed by atoms with Gasteiger partial charge in [0.2, 0.25) is 0 Å². The van der Waals surface area contributed by atoms with E-state index in [1.165, 1.54) is 4.90 Å². The molecule has 0 aromatic rings. The fraction of sp³-hybridized carbons (Fsp3) is 0.800. The van der Waals surface area contributed by atoms with Gasteiger partial charge >= 0.3 is 5.97 Å². The second-order valence-electron chi connectivity index (χ2n) is 3.86. The van der Waals surface area contributed by atoms with Crippen molar-refractivity contribution in [3.63, 3.8) is 0 Å². The molecule has 0 amide bonds. The number of carbonyl (C=O) groups excluding carboxylic acids is 1. The molecule has 1 heterocycles. The number of aliphatic hydroxyl groups excluding tert-OH is 1. The summed E-state index contributed by atoms with van der Waals surface area (Å²) in [4.78, 5) is 23.7. The van der Waals surface area contributed by atoms with E-state index in [1.807, 2.05) is 6.92 Å². The summed E-state index contributed by atoms with van der Waals surface area (Å²) in [6.07, 6.45) is 1.25. The van der Waals surface area contributed by atoms with Crippen molar-refractivity contribution in [2.24, 2.45) is 0 Å². The van der Waals surface area contributed by atoms with E-state index >= 15 is 0 Å². The van der Waals surface area contributed by atoms with E-state index in [0.29, 0.717) is 13.0 Å². The lowest BCUT2D eigenvalue weighted by atomic mass is 10.0. The molecule has 0 bridgehead atoms. The first-order valence-electron chi connectivity index (χ1n) is 5.24. The maximum Gasteiger partial charge on any atom is 0.305 e. The molecule has 5 heteroatoms. The number of rotatable bonds is 7. The third kappa shape index (κ3) is 3.60. The SMILES string of the molecule is CCCCC(=O)[C@H](CC(=O)O)N1CC1O. The van der Waals surface area contributed by atoms with Gasteiger partial charge in [0.05, 0.1) is 12.5 Å². The van der Waals surface area contributed by atoms with Crippen LogP contribution < -0.4 is 0 Å². The number of β-amino-alcohol motifs (C(OH)–C–C–N with tert-alkyl or cyclic N) is 1. The molecule has 0 spiro atoms. The predicted molar refractivity (Wildman–Crippen MR) is 53.3 cm³/mol. The Hall–Kier alpha value is -0.940. The van der Waals surface area contributed by atoms with Gasteiger partial charge in [-0.3, -0.25) is 14.5 Å². The molecule has 86 valence electrons. The van der Waals surface area contributed by atoms with Gasteiger partial charge in [-0.05, 0) is 6.42 Å². The van der Waals surface area contributed by atoms with Crippen molar-refractivity contribution in [3.8, 4) is 0 Å². The van der Waals surface area contributed by atoms with Crippen molar-refractivity contribution in [3.05, 3.63) is 0 Å². The third-order valence-electron chi connectivity index (χ3n) is 2.54. The number of ketones is 1. The highest BCUT2D eigenvalue weighted by molar-refractivity contribution is 5.88. The molecule has 15 heavy (non-hydrogen) atoms. The Morgan fingerprint density at radius 3 is 2.53 bits per heavy atom. The van der Waals surface area contributed by atoms with Gasteiger partial charge in [0, 0.05) is 13.0 Å². The van der Waals surface area contributed by atoms with Crippen LogP contribution >= 0.6 is 0 Å². The van der Waals surface area contributed by atoms with Gasteiger partial charge in [0.25, 0.3) is 0 Å². The molecule has 0 aromatic heterocycles. The van der Waals surface area contributed by atoms with E-state index in [0.717, 1.165) is 12.8 Å². The van der Waals surface area contributed by atoms with Crippen LogP contribution in [-0.2, 0) is 9.59 Å². The van der Waals surface area contributed by atoms with Crippen LogP contribution in [0.1, 0.15) is 32.6 Å². The Morgan fingerprint density at radius 1 is 1.53 bits per heavy atom. The highest BCUT2D eigenvalue weighted by Crippen LogP contribution is 2.22. The minimum atomic E-state index is -0.996. The molecular weight excluding hydrogens is 198 g/mol. The highest BCUT2D eigenvalue weighted by Gasteiger charge is 2.42. The number of hydrogen-bond acceptors (Lipinski definition) is 4. The molecule has 0 saturated carbocycles. The van der Waals surface area contributed by atoms with Crippen LogP contribution in [0.2, 0.25) is 0 Å². The summed E-state index contributed by atoms with van der Waals surface area (Å²) in [6, 6.07) is -0.635. The first kappa shape index (κ1) is 12.1. The van der Waals surface area contributed by atoms with Gasteiger partial charge < -0.3 is 10.2 Å². The van der Waals surface area contributed by atoms with Crippen molar-refractivity contribution in [2.75, 3.05) is 6.54 Å². The van der Waals surface area contributed by atoms with Crippen LogP contribution in [0.3, 0.4) is 0 Å². The number of hydrogen-bond donors (Lipinski definition) is 2. The van der Waals surface area contributed by atoms with E-state index in [4.69, 9.17) is 10.2 Å². The Morgan fingerprint density at radius 2 is 2.13 bits per heavy atom. The zero-order chi connectivity index (χ0) is 11.4. The summed E-state index contributed by atoms with van der Waals surface area (Å²) in [6.45, 7) is 2.39. The number of carboxylic acid groups (broad SMARTS) is 1. The second-order valence-corrected chi connectivity index (χ2v) is 3.86. The molecule has 1 rings (SSSR count). The van der Waals surface area contributed by atoms with Gasteiger partial charge in [-0.1, -0.05) is 13.3 Å². The molecule has 2 N–H and O–H groups in total. The number of Topliss-reactive ketones (excluding diaryl/α,β-unsaturated/α-hetero) is 1. The number of aliphatic hydroxyl groups is 1. The molecule has 1 fully saturated rings. The van der Waals surface area contributed by atoms with Crippen LogP contribution in [0.4, 0.5) is 0 Å². The van der Waals surface area contributed by atoms with Crippen molar-refractivity contribution < 1.29 is 19.8 Å². The van der Waals surface area contributed by atoms with Crippen LogP contribution in [0.5, 0.6) is 0 Å². The molecule has 0 aliphatic carbocycles. The van der Waals surface area contributed by atoms with Gasteiger partial charge in [-0.25, -0.2) is 0 Å². The summed E-state index contributed by atoms with van der Waals surface area (Å²) < 4.78 is 0. The van der Waals surface area contributed by atoms with E-state index in [2.05, 4.69) is 0 Å². The number of nitrogens with zero attached hydrogens (tertiary/aromatic N) is 1. The molecule has 5 nitrogen and oxygen atoms in total. The molecule has 1 aliphatic heterocycles. The van der Waals surface area contributed by atoms with Crippen LogP contribution in [0, 0.1) is 0 Å². The average Bonchev–Trinajstić information content (AvgIpc) is 2.87. The Bertz CT molecular complexity index is 254. The van der Waals surface area contributed by atoms with Crippen molar-refractivity contribution >= 4 is 11.8 Å². The maximum absolute atomic E-state index is 11.6. The number of carboxylic acids is 1. The fourth-order valence-corrected chi connectivity index (χ4v) is 1.58. The third-order valence-corrected chi connectivity index (χ3v) is 2.54. The van der Waals surface area contributed by atoms with Gasteiger partial charge in [-0.2, -0.15) is 0 Å². The minimum Gasteiger partial charge on any atom is -0.481 e. The number of aliphatic carboxylic acids is 1. The van der Waals surface area contributed by atoms with Gasteiger partial charge in [0.1, 0.15) is 6.23 Å². The lowest BCUT2D eigenvalue weighted by Crippen LogP contribution is -2.32. The second kappa shape index (κ2) is 5.23. The molecule has 0 aromatic carbocycles. The largest absolute Gasteiger partial charge is 0.481 e. The fourth-order valence-electron chi connectivity index (χ4n) is 1.58. The lowest BCUT2D eigenvalue weighted by molar-refractivity contribution is -0.140. The molecule has 1 saturated heterocycles. The lowest BCUT2D eigenvalue weighted by Gasteiger charge is -2.14. The number of carbonyl (C=O) groups is 2. The highest BCUT2D eigenvalue weighted by atomic mass is 16.4. The van der Waals surface area contributed by atoms with Crippen LogP contribution in [0.25, 0.3) is 0 Å². The van der Waals surface area contributed by atoms with Crippen LogP contribution in [-0.4, -0.2) is 45.7 Å². The molecule has 2 unspecified atom stereocenters. The summed E-state index contributed by atoms with van der Waals surface area (Å²) in [5.41, 5.74) is 0. The predicted octanol–water partition coefficient (Wildman–Crippen LogP) is 0.223. The minimum absolute atomic E-state index is 0.0733. The Balaban J connectivity index is 2.48. The summed E-state index contributed by atoms with van der Waals surface area (Å²) in [7, 11) is 0. The van der Waals surface area contributed by atoms with Crippen molar-refractivity contribution in [2.45, 2.75) is 44.9 Å². The van der Waals surface area contributed by atoms with Gasteiger partial charge in [-0.15, -0.1) is 0 Å². The monoisotopic (exact) mass is 215 g/mol. The molecule has 0 radical (unpaired) electrons.